The van der Waals surface area contributed by atoms with E-state index in [2.05, 4.69) is 16.0 Å². The van der Waals surface area contributed by atoms with Crippen molar-refractivity contribution in [3.63, 3.8) is 0 Å². The first-order valence-corrected chi connectivity index (χ1v) is 17.1. The van der Waals surface area contributed by atoms with Crippen molar-refractivity contribution in [2.45, 2.75) is 154 Å². The summed E-state index contributed by atoms with van der Waals surface area (Å²) < 4.78 is 0. The highest BCUT2D eigenvalue weighted by Gasteiger charge is 2.58. The summed E-state index contributed by atoms with van der Waals surface area (Å²) in [6, 6.07) is 0. The molecule has 3 rings (SSSR count). The highest BCUT2D eigenvalue weighted by atomic mass is 16.5. The predicted molar refractivity (Wildman–Crippen MR) is 167 cm³/mol. The van der Waals surface area contributed by atoms with Crippen LogP contribution < -0.4 is 16.0 Å². The Hall–Kier alpha value is -3.61. The fourth-order valence-electron chi connectivity index (χ4n) is 6.72. The Bertz CT molecular complexity index is 1190. The summed E-state index contributed by atoms with van der Waals surface area (Å²) in [5.41, 5.74) is -4.00. The zero-order valence-corrected chi connectivity index (χ0v) is 27.6. The van der Waals surface area contributed by atoms with Gasteiger partial charge < -0.3 is 16.0 Å². The van der Waals surface area contributed by atoms with E-state index in [1.807, 2.05) is 20.8 Å². The van der Waals surface area contributed by atoms with Crippen LogP contribution in [0.15, 0.2) is 11.3 Å². The van der Waals surface area contributed by atoms with Crippen molar-refractivity contribution >= 4 is 41.4 Å². The summed E-state index contributed by atoms with van der Waals surface area (Å²) in [4.78, 5) is 93.5. The van der Waals surface area contributed by atoms with Crippen LogP contribution in [0.1, 0.15) is 143 Å². The van der Waals surface area contributed by atoms with E-state index in [1.165, 1.54) is 0 Å². The Morgan fingerprint density at radius 3 is 1.61 bits per heavy atom. The Kier molecular flexibility index (Phi) is 13.5. The average molecular weight is 646 g/mol. The van der Waals surface area contributed by atoms with Gasteiger partial charge in [0.05, 0.1) is 11.1 Å². The van der Waals surface area contributed by atoms with Gasteiger partial charge in [0.15, 0.2) is 0 Å². The zero-order chi connectivity index (χ0) is 33.9. The lowest BCUT2D eigenvalue weighted by Gasteiger charge is -2.54. The number of nitrogens with one attached hydrogen (secondary N) is 3. The first-order valence-electron chi connectivity index (χ1n) is 17.1. The standard InChI is InChI=1S/C33H51N5O8/c1-4-7-10-15-24(39)34-32(22-23-29(31(45)38(46)30(23)44)37-27(42)18-19-28(37)43)20-13-14-21-33(32,35-25(40)16-11-8-5-2)36-26(41)17-12-9-6-3/h46H,4-22H2,1-3H3,(H,34,39)(H,35,40)(H,36,41). The van der Waals surface area contributed by atoms with Gasteiger partial charge in [0.25, 0.3) is 5.91 Å². The molecule has 1 aliphatic carbocycles. The van der Waals surface area contributed by atoms with Crippen molar-refractivity contribution in [3.8, 4) is 0 Å². The number of unbranched alkanes of at least 4 members (excludes halogenated alkanes) is 6. The molecule has 1 atom stereocenters. The summed E-state index contributed by atoms with van der Waals surface area (Å²) >= 11 is 0. The number of hydroxylamine groups is 2. The van der Waals surface area contributed by atoms with Gasteiger partial charge in [-0.05, 0) is 38.5 Å². The molecule has 3 aliphatic rings. The number of rotatable bonds is 18. The van der Waals surface area contributed by atoms with Crippen LogP contribution in [0.3, 0.4) is 0 Å². The van der Waals surface area contributed by atoms with Crippen molar-refractivity contribution in [3.05, 3.63) is 11.3 Å². The van der Waals surface area contributed by atoms with Crippen LogP contribution in [-0.4, -0.2) is 67.7 Å². The minimum Gasteiger partial charge on any atom is -0.346 e. The SMILES string of the molecule is CCCCCC(=O)NC1(CC2=C(N3C(=O)CCC3=O)C(=O)N(O)C2=O)CCCCC1(NC(=O)CCCCC)NC(=O)CCCCC. The van der Waals surface area contributed by atoms with Gasteiger partial charge in [-0.25, -0.2) is 4.90 Å². The second-order valence-corrected chi connectivity index (χ2v) is 12.8. The van der Waals surface area contributed by atoms with E-state index >= 15 is 0 Å². The van der Waals surface area contributed by atoms with Crippen LogP contribution in [0.25, 0.3) is 0 Å². The van der Waals surface area contributed by atoms with Gasteiger partial charge in [0.1, 0.15) is 11.4 Å². The van der Waals surface area contributed by atoms with Gasteiger partial charge in [-0.15, -0.1) is 5.06 Å². The van der Waals surface area contributed by atoms with E-state index in [0.29, 0.717) is 37.0 Å². The first-order chi connectivity index (χ1) is 22.0. The number of amides is 7. The number of nitrogens with zero attached hydrogens (tertiary/aromatic N) is 2. The third-order valence-corrected chi connectivity index (χ3v) is 9.21. The fourth-order valence-corrected chi connectivity index (χ4v) is 6.72. The third-order valence-electron chi connectivity index (χ3n) is 9.21. The van der Waals surface area contributed by atoms with Crippen LogP contribution in [0, 0.1) is 0 Å². The number of imide groups is 2. The van der Waals surface area contributed by atoms with E-state index < -0.39 is 46.9 Å². The Labute approximate surface area is 271 Å². The number of carbonyl (C=O) groups is 7. The van der Waals surface area contributed by atoms with Crippen molar-refractivity contribution < 1.29 is 38.8 Å². The highest BCUT2D eigenvalue weighted by Crippen LogP contribution is 2.43. The molecule has 1 unspecified atom stereocenters. The minimum absolute atomic E-state index is 0.127. The summed E-state index contributed by atoms with van der Waals surface area (Å²) in [7, 11) is 0. The number of hydrogen-bond donors (Lipinski definition) is 4. The van der Waals surface area contributed by atoms with Gasteiger partial charge >= 0.3 is 5.91 Å². The Balaban J connectivity index is 2.19. The van der Waals surface area contributed by atoms with Gasteiger partial charge in [-0.3, -0.25) is 38.8 Å². The van der Waals surface area contributed by atoms with Crippen LogP contribution in [-0.2, 0) is 33.6 Å². The highest BCUT2D eigenvalue weighted by molar-refractivity contribution is 6.22. The molecule has 1 saturated carbocycles. The molecule has 2 fully saturated rings. The summed E-state index contributed by atoms with van der Waals surface area (Å²) in [6.45, 7) is 6.04. The maximum absolute atomic E-state index is 13.6. The number of carbonyl (C=O) groups excluding carboxylic acids is 7. The maximum atomic E-state index is 13.6. The molecule has 0 bridgehead atoms. The topological polar surface area (TPSA) is 182 Å². The Morgan fingerprint density at radius 1 is 0.674 bits per heavy atom. The molecule has 0 spiro atoms. The van der Waals surface area contributed by atoms with Gasteiger partial charge in [0.2, 0.25) is 29.5 Å². The van der Waals surface area contributed by atoms with Gasteiger partial charge in [0, 0.05) is 38.5 Å². The Morgan fingerprint density at radius 2 is 1.13 bits per heavy atom. The minimum atomic E-state index is -1.57. The van der Waals surface area contributed by atoms with Gasteiger partial charge in [-0.2, -0.15) is 0 Å². The molecule has 2 aliphatic heterocycles. The molecule has 0 radical (unpaired) electrons. The zero-order valence-electron chi connectivity index (χ0n) is 27.6. The van der Waals surface area contributed by atoms with Gasteiger partial charge in [-0.1, -0.05) is 65.7 Å². The van der Waals surface area contributed by atoms with Crippen molar-refractivity contribution in [2.24, 2.45) is 0 Å². The molecule has 0 aromatic heterocycles. The number of hydrogen-bond acceptors (Lipinski definition) is 8. The normalized spacial score (nSPS) is 21.3. The molecule has 256 valence electrons. The molecule has 0 aromatic carbocycles. The lowest BCUT2D eigenvalue weighted by atomic mass is 9.68. The second-order valence-electron chi connectivity index (χ2n) is 12.8. The average Bonchev–Trinajstić information content (AvgIpc) is 3.43. The molecule has 46 heavy (non-hydrogen) atoms. The van der Waals surface area contributed by atoms with Crippen LogP contribution in [0.5, 0.6) is 0 Å². The largest absolute Gasteiger partial charge is 0.346 e. The first kappa shape index (κ1) is 36.9. The van der Waals surface area contributed by atoms with E-state index in [1.54, 1.807) is 0 Å². The van der Waals surface area contributed by atoms with Crippen molar-refractivity contribution in [2.75, 3.05) is 0 Å². The maximum Gasteiger partial charge on any atom is 0.302 e. The molecule has 0 aromatic rings. The van der Waals surface area contributed by atoms with E-state index in [9.17, 15) is 38.8 Å². The molecular weight excluding hydrogens is 594 g/mol. The fraction of sp³-hybridized carbons (Fsp3) is 0.727. The summed E-state index contributed by atoms with van der Waals surface area (Å²) in [5, 5.41) is 19.5. The second kappa shape index (κ2) is 16.8. The lowest BCUT2D eigenvalue weighted by Crippen LogP contribution is -2.79. The molecular formula is C33H51N5O8. The monoisotopic (exact) mass is 645 g/mol. The molecule has 2 heterocycles. The predicted octanol–water partition coefficient (Wildman–Crippen LogP) is 3.64. The smallest absolute Gasteiger partial charge is 0.302 e. The lowest BCUT2D eigenvalue weighted by molar-refractivity contribution is -0.171. The van der Waals surface area contributed by atoms with Crippen molar-refractivity contribution in [1.29, 1.82) is 0 Å². The third kappa shape index (κ3) is 8.40. The van der Waals surface area contributed by atoms with Crippen molar-refractivity contribution in [1.82, 2.24) is 25.9 Å². The van der Waals surface area contributed by atoms with E-state index in [-0.39, 0.29) is 73.3 Å². The van der Waals surface area contributed by atoms with Crippen LogP contribution in [0.4, 0.5) is 0 Å². The molecule has 13 heteroatoms. The number of likely N-dealkylation sites (tertiary alicyclic amines) is 1. The summed E-state index contributed by atoms with van der Waals surface area (Å²) in [5.74, 6) is -4.77. The van der Waals surface area contributed by atoms with Crippen LogP contribution >= 0.6 is 0 Å². The van der Waals surface area contributed by atoms with E-state index in [0.717, 1.165) is 38.5 Å². The van der Waals surface area contributed by atoms with Crippen LogP contribution in [0.2, 0.25) is 0 Å². The quantitative estimate of drug-likeness (QED) is 0.0754. The molecule has 7 amide bonds. The molecule has 1 saturated heterocycles. The summed E-state index contributed by atoms with van der Waals surface area (Å²) in [6.07, 6.45) is 8.20. The molecule has 4 N–H and O–H groups in total. The molecule has 13 nitrogen and oxygen atoms in total. The van der Waals surface area contributed by atoms with E-state index in [4.69, 9.17) is 0 Å².